The van der Waals surface area contributed by atoms with Crippen LogP contribution in [0.4, 0.5) is 0 Å². The van der Waals surface area contributed by atoms with Gasteiger partial charge in [0.15, 0.2) is 8.32 Å². The average Bonchev–Trinajstić information content (AvgIpc) is 2.79. The molecule has 1 heterocycles. The summed E-state index contributed by atoms with van der Waals surface area (Å²) in [6.45, 7) is 15.9. The molecule has 0 radical (unpaired) electrons. The van der Waals surface area contributed by atoms with Gasteiger partial charge in [0, 0.05) is 12.5 Å². The van der Waals surface area contributed by atoms with Gasteiger partial charge in [0.25, 0.3) is 0 Å². The molecule has 0 N–H and O–H groups in total. The van der Waals surface area contributed by atoms with E-state index in [2.05, 4.69) is 47.7 Å². The molecule has 1 aliphatic heterocycles. The predicted octanol–water partition coefficient (Wildman–Crippen LogP) is 3.96. The van der Waals surface area contributed by atoms with Crippen molar-refractivity contribution in [2.24, 2.45) is 0 Å². The van der Waals surface area contributed by atoms with Crippen molar-refractivity contribution in [3.63, 3.8) is 0 Å². The molecule has 2 nitrogen and oxygen atoms in total. The van der Waals surface area contributed by atoms with E-state index in [1.807, 2.05) is 0 Å². The van der Waals surface area contributed by atoms with E-state index in [1.165, 1.54) is 0 Å². The Kier molecular flexibility index (Phi) is 4.25. The van der Waals surface area contributed by atoms with E-state index in [0.29, 0.717) is 23.4 Å². The summed E-state index contributed by atoms with van der Waals surface area (Å²) in [7, 11) is -1.59. The molecule has 1 fully saturated rings. The number of epoxide rings is 1. The number of hydrogen-bond acceptors (Lipinski definition) is 2. The predicted molar refractivity (Wildman–Crippen MR) is 71.3 cm³/mol. The van der Waals surface area contributed by atoms with Gasteiger partial charge in [0.1, 0.15) is 0 Å². The third-order valence-corrected chi connectivity index (χ3v) is 8.56. The summed E-state index contributed by atoms with van der Waals surface area (Å²) in [4.78, 5) is 0. The molecule has 0 bridgehead atoms. The van der Waals surface area contributed by atoms with Crippen LogP contribution in [0.1, 0.15) is 47.5 Å². The lowest BCUT2D eigenvalue weighted by Crippen LogP contribution is -2.43. The maximum atomic E-state index is 6.30. The van der Waals surface area contributed by atoms with E-state index >= 15 is 0 Å². The van der Waals surface area contributed by atoms with E-state index in [0.717, 1.165) is 12.8 Å². The average molecular weight is 244 g/mol. The first-order chi connectivity index (χ1) is 7.17. The summed E-state index contributed by atoms with van der Waals surface area (Å²) < 4.78 is 11.9. The molecular formula is C13H28O2Si. The Morgan fingerprint density at radius 2 is 1.81 bits per heavy atom. The molecular weight excluding hydrogens is 216 g/mol. The van der Waals surface area contributed by atoms with E-state index in [-0.39, 0.29) is 0 Å². The van der Waals surface area contributed by atoms with Crippen molar-refractivity contribution in [2.75, 3.05) is 0 Å². The molecule has 3 atom stereocenters. The fraction of sp³-hybridized carbons (Fsp3) is 1.00. The van der Waals surface area contributed by atoms with Crippen LogP contribution in [0, 0.1) is 0 Å². The molecule has 0 aromatic heterocycles. The number of hydrogen-bond donors (Lipinski definition) is 0. The van der Waals surface area contributed by atoms with Crippen LogP contribution in [-0.2, 0) is 9.16 Å². The third-order valence-electron chi connectivity index (χ3n) is 3.96. The first kappa shape index (κ1) is 14.2. The van der Waals surface area contributed by atoms with Crippen LogP contribution in [0.3, 0.4) is 0 Å². The van der Waals surface area contributed by atoms with Crippen LogP contribution < -0.4 is 0 Å². The van der Waals surface area contributed by atoms with E-state index in [1.54, 1.807) is 0 Å². The minimum atomic E-state index is -1.59. The number of ether oxygens (including phenoxy) is 1. The summed E-state index contributed by atoms with van der Waals surface area (Å²) in [5, 5.41) is 0.301. The van der Waals surface area contributed by atoms with Crippen LogP contribution in [0.2, 0.25) is 18.1 Å². The Labute approximate surface area is 102 Å². The van der Waals surface area contributed by atoms with Crippen molar-refractivity contribution >= 4 is 8.32 Å². The molecule has 3 heteroatoms. The van der Waals surface area contributed by atoms with Gasteiger partial charge in [-0.1, -0.05) is 27.7 Å². The third kappa shape index (κ3) is 3.57. The van der Waals surface area contributed by atoms with Crippen molar-refractivity contribution in [2.45, 2.75) is 83.9 Å². The quantitative estimate of drug-likeness (QED) is 0.539. The Balaban J connectivity index is 2.37. The van der Waals surface area contributed by atoms with Gasteiger partial charge in [0.05, 0.1) is 12.2 Å². The largest absolute Gasteiger partial charge is 0.414 e. The lowest BCUT2D eigenvalue weighted by Gasteiger charge is -2.38. The summed E-state index contributed by atoms with van der Waals surface area (Å²) >= 11 is 0. The second-order valence-corrected chi connectivity index (χ2v) is 11.3. The van der Waals surface area contributed by atoms with Crippen molar-refractivity contribution < 1.29 is 9.16 Å². The lowest BCUT2D eigenvalue weighted by molar-refractivity contribution is 0.175. The Morgan fingerprint density at radius 1 is 1.25 bits per heavy atom. The van der Waals surface area contributed by atoms with E-state index < -0.39 is 8.32 Å². The van der Waals surface area contributed by atoms with Gasteiger partial charge in [-0.2, -0.15) is 0 Å². The maximum absolute atomic E-state index is 6.30. The second kappa shape index (κ2) is 4.79. The van der Waals surface area contributed by atoms with Crippen molar-refractivity contribution in [3.05, 3.63) is 0 Å². The fourth-order valence-electron chi connectivity index (χ4n) is 1.80. The van der Waals surface area contributed by atoms with Gasteiger partial charge in [-0.05, 0) is 31.5 Å². The minimum Gasteiger partial charge on any atom is -0.414 e. The highest BCUT2D eigenvalue weighted by Gasteiger charge is 2.42. The Morgan fingerprint density at radius 3 is 2.19 bits per heavy atom. The first-order valence-electron chi connectivity index (χ1n) is 6.50. The fourth-order valence-corrected chi connectivity index (χ4v) is 3.26. The lowest BCUT2D eigenvalue weighted by atomic mass is 10.1. The zero-order chi connectivity index (χ0) is 12.6. The standard InChI is InChI=1S/C13H28O2Si/c1-8-11-12(14-11)9-10(2)15-16(6,7)13(3,4)5/h10-12H,8-9H2,1-7H3/t10-,11+,12+/m1/s1. The molecule has 0 saturated carbocycles. The van der Waals surface area contributed by atoms with Gasteiger partial charge >= 0.3 is 0 Å². The van der Waals surface area contributed by atoms with Gasteiger partial charge in [-0.25, -0.2) is 0 Å². The van der Waals surface area contributed by atoms with Gasteiger partial charge in [-0.15, -0.1) is 0 Å². The SMILES string of the molecule is CC[C@@H]1O[C@H]1C[C@@H](C)O[Si](C)(C)C(C)(C)C. The molecule has 1 aliphatic rings. The summed E-state index contributed by atoms with van der Waals surface area (Å²) in [5.41, 5.74) is 0. The summed E-state index contributed by atoms with van der Waals surface area (Å²) in [5.74, 6) is 0. The Bertz CT molecular complexity index is 233. The highest BCUT2D eigenvalue weighted by atomic mass is 28.4. The molecule has 0 spiro atoms. The van der Waals surface area contributed by atoms with Gasteiger partial charge < -0.3 is 9.16 Å². The number of rotatable bonds is 5. The van der Waals surface area contributed by atoms with E-state index in [9.17, 15) is 0 Å². The van der Waals surface area contributed by atoms with Gasteiger partial charge in [-0.3, -0.25) is 0 Å². The normalized spacial score (nSPS) is 27.9. The molecule has 0 unspecified atom stereocenters. The summed E-state index contributed by atoms with van der Waals surface area (Å²) in [6.07, 6.45) is 3.50. The van der Waals surface area contributed by atoms with Crippen LogP contribution in [0.5, 0.6) is 0 Å². The molecule has 0 aliphatic carbocycles. The van der Waals surface area contributed by atoms with Crippen LogP contribution in [0.15, 0.2) is 0 Å². The molecule has 1 saturated heterocycles. The molecule has 1 rings (SSSR count). The van der Waals surface area contributed by atoms with Gasteiger partial charge in [0.2, 0.25) is 0 Å². The van der Waals surface area contributed by atoms with Crippen LogP contribution in [0.25, 0.3) is 0 Å². The zero-order valence-corrected chi connectivity index (χ0v) is 13.0. The van der Waals surface area contributed by atoms with Crippen LogP contribution in [-0.4, -0.2) is 26.6 Å². The highest BCUT2D eigenvalue weighted by molar-refractivity contribution is 6.74. The second-order valence-electron chi connectivity index (χ2n) is 6.55. The van der Waals surface area contributed by atoms with Crippen molar-refractivity contribution in [3.8, 4) is 0 Å². The molecule has 96 valence electrons. The van der Waals surface area contributed by atoms with Crippen molar-refractivity contribution in [1.82, 2.24) is 0 Å². The maximum Gasteiger partial charge on any atom is 0.192 e. The minimum absolute atomic E-state index is 0.301. The highest BCUT2D eigenvalue weighted by Crippen LogP contribution is 2.38. The van der Waals surface area contributed by atoms with E-state index in [4.69, 9.17) is 9.16 Å². The molecule has 0 amide bonds. The van der Waals surface area contributed by atoms with Crippen LogP contribution >= 0.6 is 0 Å². The molecule has 0 aromatic rings. The molecule has 0 aromatic carbocycles. The van der Waals surface area contributed by atoms with Crippen molar-refractivity contribution in [1.29, 1.82) is 0 Å². The smallest absolute Gasteiger partial charge is 0.192 e. The zero-order valence-electron chi connectivity index (χ0n) is 12.0. The monoisotopic (exact) mass is 244 g/mol. The first-order valence-corrected chi connectivity index (χ1v) is 9.41. The molecule has 16 heavy (non-hydrogen) atoms. The topological polar surface area (TPSA) is 21.8 Å². The Hall–Kier alpha value is 0.137. The summed E-state index contributed by atoms with van der Waals surface area (Å²) in [6, 6.07) is 0.